The van der Waals surface area contributed by atoms with Gasteiger partial charge >= 0.3 is 0 Å². The van der Waals surface area contributed by atoms with Gasteiger partial charge in [0, 0.05) is 76.3 Å². The lowest BCUT2D eigenvalue weighted by molar-refractivity contribution is -0.139. The van der Waals surface area contributed by atoms with E-state index < -0.39 is 0 Å². The monoisotopic (exact) mass is 523 g/mol. The summed E-state index contributed by atoms with van der Waals surface area (Å²) in [6.45, 7) is 12.5. The SMILES string of the molecule is CN=C(NCCN1CCN(C(=O)C2CCC2)CC1)N1CCSC(C(C)C)C1.I. The summed E-state index contributed by atoms with van der Waals surface area (Å²) >= 11 is 2.09. The van der Waals surface area contributed by atoms with Crippen LogP contribution in [0.5, 0.6) is 0 Å². The number of halogens is 1. The molecule has 6 nitrogen and oxygen atoms in total. The molecule has 0 radical (unpaired) electrons. The van der Waals surface area contributed by atoms with E-state index in [4.69, 9.17) is 0 Å². The quantitative estimate of drug-likeness (QED) is 0.340. The highest BCUT2D eigenvalue weighted by Gasteiger charge is 2.31. The van der Waals surface area contributed by atoms with Gasteiger partial charge in [0.05, 0.1) is 0 Å². The van der Waals surface area contributed by atoms with Crippen LogP contribution in [0, 0.1) is 11.8 Å². The maximum atomic E-state index is 12.4. The number of piperazine rings is 1. The highest BCUT2D eigenvalue weighted by molar-refractivity contribution is 14.0. The molecule has 1 N–H and O–H groups in total. The number of carbonyl (C=O) groups excluding carboxylic acids is 1. The van der Waals surface area contributed by atoms with Gasteiger partial charge in [0.1, 0.15) is 0 Å². The zero-order valence-electron chi connectivity index (χ0n) is 17.7. The summed E-state index contributed by atoms with van der Waals surface area (Å²) < 4.78 is 0. The maximum absolute atomic E-state index is 12.4. The fourth-order valence-electron chi connectivity index (χ4n) is 4.03. The number of carbonyl (C=O) groups is 1. The fraction of sp³-hybridized carbons (Fsp3) is 0.900. The molecule has 3 fully saturated rings. The molecule has 2 heterocycles. The van der Waals surface area contributed by atoms with Crippen LogP contribution >= 0.6 is 35.7 Å². The van der Waals surface area contributed by atoms with Gasteiger partial charge in [-0.05, 0) is 18.8 Å². The number of thioether (sulfide) groups is 1. The van der Waals surface area contributed by atoms with E-state index in [1.54, 1.807) is 0 Å². The van der Waals surface area contributed by atoms with Gasteiger partial charge in [0.2, 0.25) is 5.91 Å². The molecule has 1 aliphatic carbocycles. The number of rotatable bonds is 5. The molecule has 0 aromatic carbocycles. The van der Waals surface area contributed by atoms with E-state index >= 15 is 0 Å². The Morgan fingerprint density at radius 3 is 2.43 bits per heavy atom. The van der Waals surface area contributed by atoms with Crippen molar-refractivity contribution in [3.63, 3.8) is 0 Å². The van der Waals surface area contributed by atoms with Crippen molar-refractivity contribution in [1.82, 2.24) is 20.0 Å². The summed E-state index contributed by atoms with van der Waals surface area (Å²) in [4.78, 5) is 23.8. The summed E-state index contributed by atoms with van der Waals surface area (Å²) in [5, 5.41) is 4.25. The summed E-state index contributed by atoms with van der Waals surface area (Å²) in [6, 6.07) is 0. The number of nitrogens with one attached hydrogen (secondary N) is 1. The van der Waals surface area contributed by atoms with Crippen LogP contribution in [0.3, 0.4) is 0 Å². The summed E-state index contributed by atoms with van der Waals surface area (Å²) in [6.07, 6.45) is 3.44. The molecular weight excluding hydrogens is 485 g/mol. The van der Waals surface area contributed by atoms with Crippen molar-refractivity contribution in [1.29, 1.82) is 0 Å². The van der Waals surface area contributed by atoms with Crippen molar-refractivity contribution in [3.8, 4) is 0 Å². The fourth-order valence-corrected chi connectivity index (χ4v) is 5.33. The van der Waals surface area contributed by atoms with Crippen LogP contribution in [0.25, 0.3) is 0 Å². The average molecular weight is 524 g/mol. The Balaban J connectivity index is 0.00000280. The lowest BCUT2D eigenvalue weighted by atomic mass is 9.84. The molecule has 0 bridgehead atoms. The third-order valence-corrected chi connectivity index (χ3v) is 7.74. The maximum Gasteiger partial charge on any atom is 0.225 e. The molecule has 1 saturated carbocycles. The van der Waals surface area contributed by atoms with E-state index in [9.17, 15) is 4.79 Å². The van der Waals surface area contributed by atoms with Crippen LogP contribution < -0.4 is 5.32 Å². The molecule has 0 spiro atoms. The van der Waals surface area contributed by atoms with E-state index in [0.29, 0.717) is 23.0 Å². The molecule has 8 heteroatoms. The van der Waals surface area contributed by atoms with Gasteiger partial charge in [-0.15, -0.1) is 24.0 Å². The zero-order chi connectivity index (χ0) is 19.2. The average Bonchev–Trinajstić information content (AvgIpc) is 2.64. The first kappa shape index (κ1) is 24.1. The predicted octanol–water partition coefficient (Wildman–Crippen LogP) is 2.20. The molecule has 0 aromatic rings. The van der Waals surface area contributed by atoms with Gasteiger partial charge in [-0.3, -0.25) is 14.7 Å². The molecule has 0 aromatic heterocycles. The molecule has 162 valence electrons. The van der Waals surface area contributed by atoms with Gasteiger partial charge in [-0.2, -0.15) is 11.8 Å². The van der Waals surface area contributed by atoms with Gasteiger partial charge in [0.15, 0.2) is 5.96 Å². The Morgan fingerprint density at radius 1 is 1.14 bits per heavy atom. The summed E-state index contributed by atoms with van der Waals surface area (Å²) in [7, 11) is 1.89. The van der Waals surface area contributed by atoms with Crippen molar-refractivity contribution < 1.29 is 4.79 Å². The van der Waals surface area contributed by atoms with Crippen molar-refractivity contribution in [2.75, 3.05) is 65.2 Å². The van der Waals surface area contributed by atoms with Crippen molar-refractivity contribution in [3.05, 3.63) is 0 Å². The highest BCUT2D eigenvalue weighted by Crippen LogP contribution is 2.28. The summed E-state index contributed by atoms with van der Waals surface area (Å²) in [5.74, 6) is 3.66. The zero-order valence-corrected chi connectivity index (χ0v) is 20.9. The third-order valence-electron chi connectivity index (χ3n) is 6.20. The Hall–Kier alpha value is -0.220. The second-order valence-corrected chi connectivity index (χ2v) is 9.72. The number of hydrogen-bond acceptors (Lipinski definition) is 4. The predicted molar refractivity (Wildman–Crippen MR) is 130 cm³/mol. The van der Waals surface area contributed by atoms with Crippen molar-refractivity contribution in [2.24, 2.45) is 16.8 Å². The standard InChI is InChI=1S/C20H37N5OS.HI/c1-16(2)18-15-25(13-14-27-18)20(21-3)22-7-8-23-9-11-24(12-10-23)19(26)17-5-4-6-17;/h16-18H,4-15H2,1-3H3,(H,21,22);1H. The molecule has 1 atom stereocenters. The van der Waals surface area contributed by atoms with E-state index in [1.165, 1.54) is 12.2 Å². The minimum Gasteiger partial charge on any atom is -0.355 e. The highest BCUT2D eigenvalue weighted by atomic mass is 127. The molecule has 1 unspecified atom stereocenters. The van der Waals surface area contributed by atoms with E-state index in [2.05, 4.69) is 50.6 Å². The van der Waals surface area contributed by atoms with Crippen LogP contribution in [0.4, 0.5) is 0 Å². The van der Waals surface area contributed by atoms with Crippen molar-refractivity contribution in [2.45, 2.75) is 38.4 Å². The number of nitrogens with zero attached hydrogens (tertiary/aromatic N) is 4. The largest absolute Gasteiger partial charge is 0.355 e. The van der Waals surface area contributed by atoms with Gasteiger partial charge < -0.3 is 15.1 Å². The number of amides is 1. The molecule has 1 amide bonds. The lowest BCUT2D eigenvalue weighted by Crippen LogP contribution is -2.53. The second-order valence-electron chi connectivity index (χ2n) is 8.37. The minimum absolute atomic E-state index is 0. The molecule has 3 aliphatic rings. The normalized spacial score (nSPS) is 24.7. The molecular formula is C20H38IN5OS. The minimum atomic E-state index is 0. The van der Waals surface area contributed by atoms with Crippen LogP contribution in [-0.4, -0.2) is 97.0 Å². The van der Waals surface area contributed by atoms with E-state index in [-0.39, 0.29) is 24.0 Å². The van der Waals surface area contributed by atoms with Crippen LogP contribution in [0.2, 0.25) is 0 Å². The molecule has 28 heavy (non-hydrogen) atoms. The van der Waals surface area contributed by atoms with Crippen molar-refractivity contribution >= 4 is 47.6 Å². The molecule has 2 saturated heterocycles. The van der Waals surface area contributed by atoms with Gasteiger partial charge in [-0.25, -0.2) is 0 Å². The topological polar surface area (TPSA) is 51.2 Å². The Kier molecular flexibility index (Phi) is 10.2. The van der Waals surface area contributed by atoms with E-state index in [1.807, 2.05) is 7.05 Å². The third kappa shape index (κ3) is 6.39. The molecule has 3 rings (SSSR count). The van der Waals surface area contributed by atoms with Gasteiger partial charge in [0.25, 0.3) is 0 Å². The Morgan fingerprint density at radius 2 is 1.86 bits per heavy atom. The Labute approximate surface area is 192 Å². The molecule has 2 aliphatic heterocycles. The number of aliphatic imine (C=N–C) groups is 1. The first-order chi connectivity index (χ1) is 13.1. The first-order valence-electron chi connectivity index (χ1n) is 10.7. The Bertz CT molecular complexity index is 521. The van der Waals surface area contributed by atoms with Crippen LogP contribution in [0.15, 0.2) is 4.99 Å². The van der Waals surface area contributed by atoms with Gasteiger partial charge in [-0.1, -0.05) is 20.3 Å². The number of guanidine groups is 1. The second kappa shape index (κ2) is 11.8. The van der Waals surface area contributed by atoms with Crippen LogP contribution in [-0.2, 0) is 4.79 Å². The lowest BCUT2D eigenvalue weighted by Gasteiger charge is -2.39. The van der Waals surface area contributed by atoms with Crippen LogP contribution in [0.1, 0.15) is 33.1 Å². The first-order valence-corrected chi connectivity index (χ1v) is 11.7. The smallest absolute Gasteiger partial charge is 0.225 e. The number of hydrogen-bond donors (Lipinski definition) is 1. The van der Waals surface area contributed by atoms with E-state index in [0.717, 1.165) is 71.2 Å². The summed E-state index contributed by atoms with van der Waals surface area (Å²) in [5.41, 5.74) is 0.